The highest BCUT2D eigenvalue weighted by atomic mass is 32.2. The zero-order valence-electron chi connectivity index (χ0n) is 11.2. The zero-order valence-corrected chi connectivity index (χ0v) is 12.1. The van der Waals surface area contributed by atoms with Gasteiger partial charge in [-0.2, -0.15) is 0 Å². The molecule has 1 N–H and O–H groups in total. The van der Waals surface area contributed by atoms with Gasteiger partial charge in [-0.05, 0) is 25.7 Å². The molecule has 1 amide bonds. The minimum absolute atomic E-state index is 0.0306. The molecule has 0 aromatic carbocycles. The van der Waals surface area contributed by atoms with Crippen LogP contribution in [0.1, 0.15) is 39.5 Å². The number of esters is 1. The van der Waals surface area contributed by atoms with Crippen molar-refractivity contribution in [3.63, 3.8) is 0 Å². The zero-order chi connectivity index (χ0) is 13.4. The SMILES string of the molecule is CCOC(=O)CSCC(=O)N[C@H]1CCCC[C@@H]1C. The summed E-state index contributed by atoms with van der Waals surface area (Å²) >= 11 is 1.31. The molecule has 104 valence electrons. The minimum atomic E-state index is -0.249. The first-order chi connectivity index (χ1) is 8.63. The van der Waals surface area contributed by atoms with E-state index in [0.717, 1.165) is 6.42 Å². The van der Waals surface area contributed by atoms with Crippen LogP contribution < -0.4 is 5.32 Å². The van der Waals surface area contributed by atoms with Gasteiger partial charge in [-0.1, -0.05) is 19.8 Å². The summed E-state index contributed by atoms with van der Waals surface area (Å²) in [5, 5.41) is 3.06. The van der Waals surface area contributed by atoms with Gasteiger partial charge in [0.05, 0.1) is 18.1 Å². The first-order valence-corrected chi connectivity index (χ1v) is 7.81. The second-order valence-electron chi connectivity index (χ2n) is 4.73. The van der Waals surface area contributed by atoms with Crippen molar-refractivity contribution in [1.82, 2.24) is 5.32 Å². The number of ether oxygens (including phenoxy) is 1. The van der Waals surface area contributed by atoms with Gasteiger partial charge >= 0.3 is 5.97 Å². The fourth-order valence-corrected chi connectivity index (χ4v) is 2.83. The van der Waals surface area contributed by atoms with Crippen LogP contribution >= 0.6 is 11.8 Å². The maximum atomic E-state index is 11.7. The van der Waals surface area contributed by atoms with Crippen LogP contribution in [0.15, 0.2) is 0 Å². The van der Waals surface area contributed by atoms with Gasteiger partial charge in [0.25, 0.3) is 0 Å². The van der Waals surface area contributed by atoms with E-state index in [-0.39, 0.29) is 17.6 Å². The Hall–Kier alpha value is -0.710. The van der Waals surface area contributed by atoms with Gasteiger partial charge in [-0.3, -0.25) is 9.59 Å². The van der Waals surface area contributed by atoms with E-state index in [9.17, 15) is 9.59 Å². The molecule has 0 radical (unpaired) electrons. The lowest BCUT2D eigenvalue weighted by atomic mass is 9.86. The molecule has 0 saturated heterocycles. The average molecular weight is 273 g/mol. The second kappa shape index (κ2) is 8.40. The molecule has 0 aromatic rings. The second-order valence-corrected chi connectivity index (χ2v) is 5.72. The fourth-order valence-electron chi connectivity index (χ4n) is 2.21. The van der Waals surface area contributed by atoms with E-state index in [4.69, 9.17) is 4.74 Å². The van der Waals surface area contributed by atoms with Gasteiger partial charge in [0.15, 0.2) is 0 Å². The Labute approximate surface area is 113 Å². The van der Waals surface area contributed by atoms with Gasteiger partial charge < -0.3 is 10.1 Å². The van der Waals surface area contributed by atoms with E-state index in [1.807, 2.05) is 0 Å². The molecule has 0 aliphatic heterocycles. The summed E-state index contributed by atoms with van der Waals surface area (Å²) in [4.78, 5) is 22.8. The number of amides is 1. The van der Waals surface area contributed by atoms with Gasteiger partial charge in [-0.25, -0.2) is 0 Å². The van der Waals surface area contributed by atoms with E-state index in [1.54, 1.807) is 6.92 Å². The fraction of sp³-hybridized carbons (Fsp3) is 0.846. The standard InChI is InChI=1S/C13H23NO3S/c1-3-17-13(16)9-18-8-12(15)14-11-7-5-4-6-10(11)2/h10-11H,3-9H2,1-2H3,(H,14,15)/t10-,11-/m0/s1. The smallest absolute Gasteiger partial charge is 0.315 e. The van der Waals surface area contributed by atoms with Crippen molar-refractivity contribution < 1.29 is 14.3 Å². The molecular formula is C13H23NO3S. The average Bonchev–Trinajstić information content (AvgIpc) is 2.32. The van der Waals surface area contributed by atoms with Gasteiger partial charge in [-0.15, -0.1) is 11.8 Å². The molecule has 0 spiro atoms. The Morgan fingerprint density at radius 1 is 1.28 bits per heavy atom. The Morgan fingerprint density at radius 2 is 2.00 bits per heavy atom. The summed E-state index contributed by atoms with van der Waals surface area (Å²) < 4.78 is 4.80. The van der Waals surface area contributed by atoms with Crippen LogP contribution in [-0.2, 0) is 14.3 Å². The summed E-state index contributed by atoms with van der Waals surface area (Å²) in [5.74, 6) is 0.936. The normalized spacial score (nSPS) is 23.4. The van der Waals surface area contributed by atoms with Crippen LogP contribution in [0.25, 0.3) is 0 Å². The van der Waals surface area contributed by atoms with Crippen LogP contribution in [-0.4, -0.2) is 36.0 Å². The summed E-state index contributed by atoms with van der Waals surface area (Å²) in [6.07, 6.45) is 4.74. The molecule has 0 unspecified atom stereocenters. The number of nitrogens with one attached hydrogen (secondary N) is 1. The van der Waals surface area contributed by atoms with Crippen LogP contribution in [0, 0.1) is 5.92 Å². The van der Waals surface area contributed by atoms with Crippen LogP contribution in [0.3, 0.4) is 0 Å². The Bertz CT molecular complexity index is 283. The van der Waals surface area contributed by atoms with Gasteiger partial charge in [0.1, 0.15) is 0 Å². The number of carbonyl (C=O) groups excluding carboxylic acids is 2. The molecule has 1 aliphatic rings. The third kappa shape index (κ3) is 5.76. The van der Waals surface area contributed by atoms with E-state index in [1.165, 1.54) is 31.0 Å². The molecule has 1 saturated carbocycles. The quantitative estimate of drug-likeness (QED) is 0.752. The molecule has 1 aliphatic carbocycles. The van der Waals surface area contributed by atoms with Crippen LogP contribution in [0.4, 0.5) is 0 Å². The summed E-state index contributed by atoms with van der Waals surface area (Å²) in [5.41, 5.74) is 0. The maximum Gasteiger partial charge on any atom is 0.315 e. The predicted molar refractivity (Wildman–Crippen MR) is 73.5 cm³/mol. The largest absolute Gasteiger partial charge is 0.465 e. The third-order valence-corrected chi connectivity index (χ3v) is 4.12. The number of rotatable bonds is 6. The third-order valence-electron chi connectivity index (χ3n) is 3.22. The molecule has 0 heterocycles. The molecular weight excluding hydrogens is 250 g/mol. The Balaban J connectivity index is 2.15. The molecule has 5 heteroatoms. The van der Waals surface area contributed by atoms with Crippen molar-refractivity contribution in [3.05, 3.63) is 0 Å². The highest BCUT2D eigenvalue weighted by Gasteiger charge is 2.22. The van der Waals surface area contributed by atoms with Crippen LogP contribution in [0.2, 0.25) is 0 Å². The van der Waals surface area contributed by atoms with E-state index in [2.05, 4.69) is 12.2 Å². The lowest BCUT2D eigenvalue weighted by Gasteiger charge is -2.29. The first-order valence-electron chi connectivity index (χ1n) is 6.66. The highest BCUT2D eigenvalue weighted by molar-refractivity contribution is 8.00. The van der Waals surface area contributed by atoms with Crippen molar-refractivity contribution in [2.24, 2.45) is 5.92 Å². The van der Waals surface area contributed by atoms with Gasteiger partial charge in [0, 0.05) is 6.04 Å². The molecule has 1 rings (SSSR count). The van der Waals surface area contributed by atoms with Crippen molar-refractivity contribution >= 4 is 23.6 Å². The summed E-state index contributed by atoms with van der Waals surface area (Å²) in [7, 11) is 0. The maximum absolute atomic E-state index is 11.7. The molecule has 2 atom stereocenters. The number of thioether (sulfide) groups is 1. The lowest BCUT2D eigenvalue weighted by Crippen LogP contribution is -2.41. The topological polar surface area (TPSA) is 55.4 Å². The van der Waals surface area contributed by atoms with Crippen molar-refractivity contribution in [2.45, 2.75) is 45.6 Å². The van der Waals surface area contributed by atoms with Gasteiger partial charge in [0.2, 0.25) is 5.91 Å². The Morgan fingerprint density at radius 3 is 2.67 bits per heavy atom. The van der Waals surface area contributed by atoms with E-state index in [0.29, 0.717) is 24.3 Å². The number of hydrogen-bond acceptors (Lipinski definition) is 4. The summed E-state index contributed by atoms with van der Waals surface area (Å²) in [6.45, 7) is 4.36. The van der Waals surface area contributed by atoms with Crippen molar-refractivity contribution in [2.75, 3.05) is 18.1 Å². The molecule has 0 bridgehead atoms. The van der Waals surface area contributed by atoms with Crippen LogP contribution in [0.5, 0.6) is 0 Å². The molecule has 4 nitrogen and oxygen atoms in total. The van der Waals surface area contributed by atoms with E-state index >= 15 is 0 Å². The van der Waals surface area contributed by atoms with Crippen molar-refractivity contribution in [1.29, 1.82) is 0 Å². The number of hydrogen-bond donors (Lipinski definition) is 1. The molecule has 18 heavy (non-hydrogen) atoms. The highest BCUT2D eigenvalue weighted by Crippen LogP contribution is 2.23. The summed E-state index contributed by atoms with van der Waals surface area (Å²) in [6, 6.07) is 0.314. The molecule has 0 aromatic heterocycles. The monoisotopic (exact) mass is 273 g/mol. The minimum Gasteiger partial charge on any atom is -0.465 e. The predicted octanol–water partition coefficient (Wildman–Crippen LogP) is 1.98. The van der Waals surface area contributed by atoms with Crippen molar-refractivity contribution in [3.8, 4) is 0 Å². The molecule has 1 fully saturated rings. The van der Waals surface area contributed by atoms with E-state index < -0.39 is 0 Å². The number of carbonyl (C=O) groups is 2. The first kappa shape index (κ1) is 15.3. The Kier molecular flexibility index (Phi) is 7.16. The lowest BCUT2D eigenvalue weighted by molar-refractivity contribution is -0.139.